The summed E-state index contributed by atoms with van der Waals surface area (Å²) in [6.45, 7) is 4.75. The zero-order valence-electron chi connectivity index (χ0n) is 11.2. The standard InChI is InChI=1S/C14H17NO4/c1-9(16)10(2)19-14(18)13-6-4-12(5-7-13)8-15-11(3)17/h4-7,10H,8H2,1-3H3,(H,15,17). The molecule has 1 unspecified atom stereocenters. The van der Waals surface area contributed by atoms with E-state index in [2.05, 4.69) is 5.32 Å². The van der Waals surface area contributed by atoms with Gasteiger partial charge in [-0.15, -0.1) is 0 Å². The highest BCUT2D eigenvalue weighted by Gasteiger charge is 2.15. The summed E-state index contributed by atoms with van der Waals surface area (Å²) in [4.78, 5) is 33.4. The van der Waals surface area contributed by atoms with Gasteiger partial charge in [-0.25, -0.2) is 4.79 Å². The summed E-state index contributed by atoms with van der Waals surface area (Å²) in [5.41, 5.74) is 1.26. The molecule has 19 heavy (non-hydrogen) atoms. The van der Waals surface area contributed by atoms with Crippen LogP contribution in [0.2, 0.25) is 0 Å². The Morgan fingerprint density at radius 1 is 1.16 bits per heavy atom. The van der Waals surface area contributed by atoms with E-state index in [1.807, 2.05) is 0 Å². The largest absolute Gasteiger partial charge is 0.451 e. The van der Waals surface area contributed by atoms with Crippen LogP contribution < -0.4 is 5.32 Å². The second-order valence-electron chi connectivity index (χ2n) is 4.26. The van der Waals surface area contributed by atoms with Gasteiger partial charge in [0, 0.05) is 13.5 Å². The number of carbonyl (C=O) groups excluding carboxylic acids is 3. The maximum atomic E-state index is 11.7. The number of ether oxygens (including phenoxy) is 1. The third-order valence-corrected chi connectivity index (χ3v) is 2.59. The summed E-state index contributed by atoms with van der Waals surface area (Å²) < 4.78 is 4.98. The molecule has 1 aromatic rings. The van der Waals surface area contributed by atoms with E-state index in [1.54, 1.807) is 24.3 Å². The summed E-state index contributed by atoms with van der Waals surface area (Å²) in [5, 5.41) is 2.66. The third kappa shape index (κ3) is 4.91. The van der Waals surface area contributed by atoms with Gasteiger partial charge in [0.2, 0.25) is 5.91 Å². The zero-order chi connectivity index (χ0) is 14.4. The fourth-order valence-corrected chi connectivity index (χ4v) is 1.30. The molecule has 0 saturated heterocycles. The Morgan fingerprint density at radius 2 is 1.74 bits per heavy atom. The molecular formula is C14H17NO4. The van der Waals surface area contributed by atoms with Gasteiger partial charge in [-0.2, -0.15) is 0 Å². The van der Waals surface area contributed by atoms with Crippen LogP contribution in [0.4, 0.5) is 0 Å². The van der Waals surface area contributed by atoms with Crippen LogP contribution in [0.5, 0.6) is 0 Å². The molecule has 1 rings (SSSR count). The van der Waals surface area contributed by atoms with E-state index in [0.717, 1.165) is 5.56 Å². The molecule has 0 saturated carbocycles. The van der Waals surface area contributed by atoms with Crippen LogP contribution in [0.15, 0.2) is 24.3 Å². The van der Waals surface area contributed by atoms with Crippen molar-refractivity contribution in [3.8, 4) is 0 Å². The first-order valence-electron chi connectivity index (χ1n) is 5.95. The Morgan fingerprint density at radius 3 is 2.21 bits per heavy atom. The van der Waals surface area contributed by atoms with E-state index >= 15 is 0 Å². The third-order valence-electron chi connectivity index (χ3n) is 2.59. The number of esters is 1. The lowest BCUT2D eigenvalue weighted by molar-refractivity contribution is -0.124. The van der Waals surface area contributed by atoms with Crippen LogP contribution in [-0.4, -0.2) is 23.8 Å². The summed E-state index contributed by atoms with van der Waals surface area (Å²) in [5.74, 6) is -0.844. The first-order valence-corrected chi connectivity index (χ1v) is 5.95. The average molecular weight is 263 g/mol. The molecule has 0 aromatic heterocycles. The second kappa shape index (κ2) is 6.68. The van der Waals surface area contributed by atoms with Gasteiger partial charge in [-0.05, 0) is 31.5 Å². The van der Waals surface area contributed by atoms with Gasteiger partial charge in [-0.1, -0.05) is 12.1 Å². The Bertz CT molecular complexity index is 479. The second-order valence-corrected chi connectivity index (χ2v) is 4.26. The molecule has 5 nitrogen and oxygen atoms in total. The van der Waals surface area contributed by atoms with Gasteiger partial charge in [0.1, 0.15) is 0 Å². The fourth-order valence-electron chi connectivity index (χ4n) is 1.30. The van der Waals surface area contributed by atoms with Crippen molar-refractivity contribution >= 4 is 17.7 Å². The molecule has 1 N–H and O–H groups in total. The number of ketones is 1. The van der Waals surface area contributed by atoms with E-state index in [9.17, 15) is 14.4 Å². The molecular weight excluding hydrogens is 246 g/mol. The van der Waals surface area contributed by atoms with Crippen LogP contribution in [0, 0.1) is 0 Å². The predicted molar refractivity (Wildman–Crippen MR) is 69.5 cm³/mol. The van der Waals surface area contributed by atoms with Crippen LogP contribution in [0.1, 0.15) is 36.7 Å². The summed E-state index contributed by atoms with van der Waals surface area (Å²) >= 11 is 0. The molecule has 1 aromatic carbocycles. The number of nitrogens with one attached hydrogen (secondary N) is 1. The molecule has 0 aliphatic rings. The number of carbonyl (C=O) groups is 3. The number of rotatable bonds is 5. The minimum absolute atomic E-state index is 0.112. The average Bonchev–Trinajstić information content (AvgIpc) is 2.36. The molecule has 0 aliphatic carbocycles. The van der Waals surface area contributed by atoms with Gasteiger partial charge in [-0.3, -0.25) is 9.59 Å². The Balaban J connectivity index is 2.62. The number of Topliss-reactive ketones (excluding diaryl/α,β-unsaturated/α-hetero) is 1. The van der Waals surface area contributed by atoms with Crippen molar-refractivity contribution in [1.29, 1.82) is 0 Å². The monoisotopic (exact) mass is 263 g/mol. The minimum atomic E-state index is -0.744. The lowest BCUT2D eigenvalue weighted by Crippen LogP contribution is -2.22. The van der Waals surface area contributed by atoms with E-state index in [-0.39, 0.29) is 11.7 Å². The molecule has 0 spiro atoms. The molecule has 1 atom stereocenters. The number of benzene rings is 1. The lowest BCUT2D eigenvalue weighted by Gasteiger charge is -2.10. The molecule has 0 bridgehead atoms. The molecule has 0 radical (unpaired) electrons. The maximum Gasteiger partial charge on any atom is 0.338 e. The van der Waals surface area contributed by atoms with Crippen molar-refractivity contribution in [1.82, 2.24) is 5.32 Å². The van der Waals surface area contributed by atoms with Gasteiger partial charge >= 0.3 is 5.97 Å². The molecule has 0 heterocycles. The predicted octanol–water partition coefficient (Wildman–Crippen LogP) is 1.46. The van der Waals surface area contributed by atoms with E-state index in [0.29, 0.717) is 12.1 Å². The maximum absolute atomic E-state index is 11.7. The molecule has 0 fully saturated rings. The highest BCUT2D eigenvalue weighted by atomic mass is 16.5. The summed E-state index contributed by atoms with van der Waals surface area (Å²) in [6, 6.07) is 6.66. The fraction of sp³-hybridized carbons (Fsp3) is 0.357. The van der Waals surface area contributed by atoms with Crippen molar-refractivity contribution in [2.45, 2.75) is 33.4 Å². The van der Waals surface area contributed by atoms with Crippen molar-refractivity contribution in [3.05, 3.63) is 35.4 Å². The van der Waals surface area contributed by atoms with Crippen LogP contribution in [0.3, 0.4) is 0 Å². The highest BCUT2D eigenvalue weighted by molar-refractivity contribution is 5.92. The van der Waals surface area contributed by atoms with Crippen molar-refractivity contribution < 1.29 is 19.1 Å². The molecule has 102 valence electrons. The van der Waals surface area contributed by atoms with E-state index < -0.39 is 12.1 Å². The first kappa shape index (κ1) is 14.9. The number of hydrogen-bond acceptors (Lipinski definition) is 4. The van der Waals surface area contributed by atoms with Gasteiger partial charge < -0.3 is 10.1 Å². The summed E-state index contributed by atoms with van der Waals surface area (Å²) in [6.07, 6.45) is -0.744. The summed E-state index contributed by atoms with van der Waals surface area (Å²) in [7, 11) is 0. The zero-order valence-corrected chi connectivity index (χ0v) is 11.2. The van der Waals surface area contributed by atoms with Crippen LogP contribution in [0.25, 0.3) is 0 Å². The minimum Gasteiger partial charge on any atom is -0.451 e. The Labute approximate surface area is 111 Å². The highest BCUT2D eigenvalue weighted by Crippen LogP contribution is 2.07. The van der Waals surface area contributed by atoms with Crippen molar-refractivity contribution in [3.63, 3.8) is 0 Å². The number of hydrogen-bond donors (Lipinski definition) is 1. The molecule has 1 amide bonds. The Kier molecular flexibility index (Phi) is 5.23. The van der Waals surface area contributed by atoms with E-state index in [4.69, 9.17) is 4.74 Å². The number of amides is 1. The van der Waals surface area contributed by atoms with Crippen molar-refractivity contribution in [2.24, 2.45) is 0 Å². The smallest absolute Gasteiger partial charge is 0.338 e. The SMILES string of the molecule is CC(=O)NCc1ccc(C(=O)OC(C)C(C)=O)cc1. The van der Waals surface area contributed by atoms with Gasteiger partial charge in [0.15, 0.2) is 11.9 Å². The van der Waals surface area contributed by atoms with Crippen LogP contribution in [-0.2, 0) is 20.9 Å². The van der Waals surface area contributed by atoms with Gasteiger partial charge in [0.05, 0.1) is 5.56 Å². The Hall–Kier alpha value is -2.17. The normalized spacial score (nSPS) is 11.5. The lowest BCUT2D eigenvalue weighted by atomic mass is 10.1. The topological polar surface area (TPSA) is 72.5 Å². The first-order chi connectivity index (χ1) is 8.90. The van der Waals surface area contributed by atoms with Crippen molar-refractivity contribution in [2.75, 3.05) is 0 Å². The molecule has 5 heteroatoms. The van der Waals surface area contributed by atoms with Crippen LogP contribution >= 0.6 is 0 Å². The molecule has 0 aliphatic heterocycles. The quantitative estimate of drug-likeness (QED) is 0.816. The van der Waals surface area contributed by atoms with Gasteiger partial charge in [0.25, 0.3) is 0 Å². The van der Waals surface area contributed by atoms with E-state index in [1.165, 1.54) is 20.8 Å².